The number of nitrogens with two attached hydrogens (primary N) is 2. The van der Waals surface area contributed by atoms with Gasteiger partial charge in [0.25, 0.3) is 0 Å². The van der Waals surface area contributed by atoms with Crippen LogP contribution in [0.5, 0.6) is 0 Å². The molecule has 1 amide bonds. The van der Waals surface area contributed by atoms with Crippen LogP contribution in [0.15, 0.2) is 27.8 Å². The van der Waals surface area contributed by atoms with Gasteiger partial charge in [-0.3, -0.25) is 4.79 Å². The van der Waals surface area contributed by atoms with Gasteiger partial charge in [0.05, 0.1) is 0 Å². The number of hydrogen-bond acceptors (Lipinski definition) is 6. The van der Waals surface area contributed by atoms with Crippen LogP contribution in [0.4, 0.5) is 5.69 Å². The van der Waals surface area contributed by atoms with Crippen LogP contribution >= 0.6 is 0 Å². The number of nitrogens with zero attached hydrogens (tertiary/aromatic N) is 1. The predicted octanol–water partition coefficient (Wildman–Crippen LogP) is -0.331. The number of carbonyl (C=O) groups excluding carboxylic acids is 1. The van der Waals surface area contributed by atoms with Crippen molar-refractivity contribution in [3.63, 3.8) is 0 Å². The molecule has 0 aliphatic carbocycles. The highest BCUT2D eigenvalue weighted by Crippen LogP contribution is 2.21. The molecule has 0 bridgehead atoms. The van der Waals surface area contributed by atoms with E-state index in [9.17, 15) is 13.2 Å². The molecule has 4 N–H and O–H groups in total. The first-order chi connectivity index (χ1) is 7.88. The van der Waals surface area contributed by atoms with Crippen molar-refractivity contribution in [3.05, 3.63) is 18.2 Å². The van der Waals surface area contributed by atoms with E-state index in [0.717, 1.165) is 0 Å². The monoisotopic (exact) mass is 255 g/mol. The minimum atomic E-state index is -3.93. The highest BCUT2D eigenvalue weighted by Gasteiger charge is 2.24. The van der Waals surface area contributed by atoms with Crippen molar-refractivity contribution in [3.8, 4) is 0 Å². The lowest BCUT2D eigenvalue weighted by Gasteiger charge is -1.93. The summed E-state index contributed by atoms with van der Waals surface area (Å²) >= 11 is 0. The van der Waals surface area contributed by atoms with Gasteiger partial charge in [-0.1, -0.05) is 0 Å². The Bertz CT molecular complexity index is 689. The lowest BCUT2D eigenvalue weighted by atomic mass is 10.3. The van der Waals surface area contributed by atoms with E-state index in [4.69, 9.17) is 15.9 Å². The standard InChI is InChI=1S/C9H9N3O4S/c10-5-1-2-7-6(3-5)12-9(16-7)17(14,15)4-8(11)13/h1-3H,4,10H2,(H2,11,13). The summed E-state index contributed by atoms with van der Waals surface area (Å²) in [5.74, 6) is -1.80. The van der Waals surface area contributed by atoms with E-state index in [2.05, 4.69) is 4.98 Å². The number of aromatic nitrogens is 1. The summed E-state index contributed by atoms with van der Waals surface area (Å²) in [4.78, 5) is 14.4. The summed E-state index contributed by atoms with van der Waals surface area (Å²) in [5, 5.41) is -0.531. The highest BCUT2D eigenvalue weighted by molar-refractivity contribution is 7.91. The molecule has 0 unspecified atom stereocenters. The van der Waals surface area contributed by atoms with E-state index < -0.39 is 26.7 Å². The van der Waals surface area contributed by atoms with Crippen LogP contribution in [0.2, 0.25) is 0 Å². The van der Waals surface area contributed by atoms with Crippen molar-refractivity contribution in [1.29, 1.82) is 0 Å². The minimum Gasteiger partial charge on any atom is -0.428 e. The SMILES string of the molecule is NC(=O)CS(=O)(=O)c1nc2cc(N)ccc2o1. The normalized spacial score (nSPS) is 11.8. The number of amides is 1. The summed E-state index contributed by atoms with van der Waals surface area (Å²) in [6.45, 7) is 0. The largest absolute Gasteiger partial charge is 0.428 e. The van der Waals surface area contributed by atoms with E-state index in [0.29, 0.717) is 11.2 Å². The molecule has 0 aliphatic rings. The van der Waals surface area contributed by atoms with Crippen LogP contribution in [0.3, 0.4) is 0 Å². The van der Waals surface area contributed by atoms with Gasteiger partial charge < -0.3 is 15.9 Å². The Kier molecular flexibility index (Phi) is 2.50. The average Bonchev–Trinajstić information content (AvgIpc) is 2.58. The van der Waals surface area contributed by atoms with Gasteiger partial charge in [0.1, 0.15) is 11.3 Å². The molecule has 1 heterocycles. The van der Waals surface area contributed by atoms with Crippen molar-refractivity contribution < 1.29 is 17.6 Å². The smallest absolute Gasteiger partial charge is 0.316 e. The van der Waals surface area contributed by atoms with E-state index in [1.165, 1.54) is 12.1 Å². The number of anilines is 1. The molecule has 0 atom stereocenters. The van der Waals surface area contributed by atoms with Gasteiger partial charge in [0.15, 0.2) is 5.58 Å². The molecule has 0 aliphatic heterocycles. The molecular weight excluding hydrogens is 246 g/mol. The number of oxazole rings is 1. The van der Waals surface area contributed by atoms with Crippen molar-refractivity contribution in [2.75, 3.05) is 11.5 Å². The van der Waals surface area contributed by atoms with Crippen molar-refractivity contribution in [1.82, 2.24) is 4.98 Å². The van der Waals surface area contributed by atoms with Crippen LogP contribution in [-0.4, -0.2) is 25.1 Å². The first-order valence-electron chi connectivity index (χ1n) is 4.55. The number of hydrogen-bond donors (Lipinski definition) is 2. The van der Waals surface area contributed by atoms with Crippen LogP contribution in [0.25, 0.3) is 11.1 Å². The average molecular weight is 255 g/mol. The van der Waals surface area contributed by atoms with Gasteiger partial charge in [-0.25, -0.2) is 8.42 Å². The van der Waals surface area contributed by atoms with Gasteiger partial charge >= 0.3 is 5.22 Å². The van der Waals surface area contributed by atoms with Gasteiger partial charge in [-0.2, -0.15) is 4.98 Å². The second-order valence-corrected chi connectivity index (χ2v) is 5.30. The second-order valence-electron chi connectivity index (χ2n) is 3.43. The summed E-state index contributed by atoms with van der Waals surface area (Å²) in [6.07, 6.45) is 0. The molecule has 7 nitrogen and oxygen atoms in total. The first kappa shape index (κ1) is 11.4. The zero-order chi connectivity index (χ0) is 12.6. The molecule has 1 aromatic carbocycles. The Labute approximate surface area is 96.3 Å². The second kappa shape index (κ2) is 3.74. The third kappa shape index (κ3) is 2.21. The van der Waals surface area contributed by atoms with Crippen LogP contribution < -0.4 is 11.5 Å². The number of fused-ring (bicyclic) bond motifs is 1. The Morgan fingerprint density at radius 3 is 2.76 bits per heavy atom. The fraction of sp³-hybridized carbons (Fsp3) is 0.111. The van der Waals surface area contributed by atoms with E-state index in [1.54, 1.807) is 6.07 Å². The summed E-state index contributed by atoms with van der Waals surface area (Å²) in [7, 11) is -3.93. The minimum absolute atomic E-state index is 0.280. The van der Waals surface area contributed by atoms with Gasteiger partial charge in [0.2, 0.25) is 15.7 Å². The molecule has 0 saturated heterocycles. The fourth-order valence-corrected chi connectivity index (χ4v) is 2.26. The Balaban J connectivity index is 2.53. The summed E-state index contributed by atoms with van der Waals surface area (Å²) < 4.78 is 28.2. The van der Waals surface area contributed by atoms with E-state index in [-0.39, 0.29) is 5.58 Å². The summed E-state index contributed by atoms with van der Waals surface area (Å²) in [6, 6.07) is 4.53. The predicted molar refractivity (Wildman–Crippen MR) is 59.7 cm³/mol. The van der Waals surface area contributed by atoms with Crippen molar-refractivity contribution in [2.45, 2.75) is 5.22 Å². The summed E-state index contributed by atoms with van der Waals surface area (Å²) in [5.41, 5.74) is 11.4. The maximum atomic E-state index is 11.6. The Hall–Kier alpha value is -2.09. The number of benzene rings is 1. The maximum absolute atomic E-state index is 11.6. The zero-order valence-corrected chi connectivity index (χ0v) is 9.40. The fourth-order valence-electron chi connectivity index (χ4n) is 1.31. The lowest BCUT2D eigenvalue weighted by Crippen LogP contribution is -2.23. The molecular formula is C9H9N3O4S. The molecule has 1 aromatic heterocycles. The van der Waals surface area contributed by atoms with Gasteiger partial charge in [-0.15, -0.1) is 0 Å². The highest BCUT2D eigenvalue weighted by atomic mass is 32.2. The number of rotatable bonds is 3. The zero-order valence-electron chi connectivity index (χ0n) is 8.58. The number of carbonyl (C=O) groups is 1. The van der Waals surface area contributed by atoms with E-state index >= 15 is 0 Å². The molecule has 2 aromatic rings. The molecule has 0 radical (unpaired) electrons. The van der Waals surface area contributed by atoms with Gasteiger partial charge in [0, 0.05) is 5.69 Å². The Morgan fingerprint density at radius 1 is 1.41 bits per heavy atom. The third-order valence-electron chi connectivity index (χ3n) is 1.99. The van der Waals surface area contributed by atoms with Crippen molar-refractivity contribution >= 4 is 32.5 Å². The lowest BCUT2D eigenvalue weighted by molar-refractivity contribution is -0.115. The molecule has 0 fully saturated rings. The molecule has 0 saturated carbocycles. The number of sulfone groups is 1. The van der Waals surface area contributed by atoms with E-state index in [1.807, 2.05) is 0 Å². The molecule has 8 heteroatoms. The van der Waals surface area contributed by atoms with Crippen LogP contribution in [-0.2, 0) is 14.6 Å². The number of primary amides is 1. The van der Waals surface area contributed by atoms with Crippen LogP contribution in [0.1, 0.15) is 0 Å². The third-order valence-corrected chi connectivity index (χ3v) is 3.36. The Morgan fingerprint density at radius 2 is 2.12 bits per heavy atom. The molecule has 17 heavy (non-hydrogen) atoms. The molecule has 2 rings (SSSR count). The van der Waals surface area contributed by atoms with Gasteiger partial charge in [-0.05, 0) is 18.2 Å². The molecule has 0 spiro atoms. The first-order valence-corrected chi connectivity index (χ1v) is 6.21. The van der Waals surface area contributed by atoms with Crippen molar-refractivity contribution in [2.24, 2.45) is 5.73 Å². The topological polar surface area (TPSA) is 129 Å². The number of nitrogen functional groups attached to an aromatic ring is 1. The molecule has 90 valence electrons. The van der Waals surface area contributed by atoms with Crippen LogP contribution in [0, 0.1) is 0 Å². The quantitative estimate of drug-likeness (QED) is 0.722. The maximum Gasteiger partial charge on any atom is 0.316 e.